The Morgan fingerprint density at radius 3 is 2.23 bits per heavy atom. The first kappa shape index (κ1) is 22.2. The molecule has 0 N–H and O–H groups in total. The third-order valence-corrected chi connectivity index (χ3v) is 8.86. The fourth-order valence-corrected chi connectivity index (χ4v) is 6.99. The van der Waals surface area contributed by atoms with Crippen LogP contribution in [-0.2, 0) is 0 Å². The molecule has 0 radical (unpaired) electrons. The second-order valence-corrected chi connectivity index (χ2v) is 11.0. The van der Waals surface area contributed by atoms with E-state index in [2.05, 4.69) is 150 Å². The van der Waals surface area contributed by atoms with E-state index in [9.17, 15) is 0 Å². The van der Waals surface area contributed by atoms with E-state index in [1.165, 1.54) is 47.7 Å². The van der Waals surface area contributed by atoms with Crippen LogP contribution in [-0.4, -0.2) is 4.57 Å². The Kier molecular flexibility index (Phi) is 4.88. The number of hydrogen-bond donors (Lipinski definition) is 0. The number of nitrogens with zero attached hydrogens (tertiary/aromatic N) is 2. The molecular formula is C36H24N2S. The molecule has 1 aliphatic heterocycles. The largest absolute Gasteiger partial charge is 0.317 e. The quantitative estimate of drug-likeness (QED) is 0.222. The summed E-state index contributed by atoms with van der Waals surface area (Å²) in [6.07, 6.45) is 8.34. The summed E-state index contributed by atoms with van der Waals surface area (Å²) in [4.78, 5) is 2.26. The van der Waals surface area contributed by atoms with Gasteiger partial charge in [-0.3, -0.25) is 0 Å². The second-order valence-electron chi connectivity index (χ2n) is 9.95. The van der Waals surface area contributed by atoms with Gasteiger partial charge in [-0.2, -0.15) is 0 Å². The van der Waals surface area contributed by atoms with Gasteiger partial charge in [-0.05, 0) is 66.2 Å². The average molecular weight is 517 g/mol. The van der Waals surface area contributed by atoms with E-state index >= 15 is 0 Å². The Balaban J connectivity index is 1.36. The lowest BCUT2D eigenvalue weighted by atomic mass is 10.0. The van der Waals surface area contributed by atoms with Crippen molar-refractivity contribution in [1.29, 1.82) is 0 Å². The van der Waals surface area contributed by atoms with Gasteiger partial charge >= 0.3 is 0 Å². The third-order valence-electron chi connectivity index (χ3n) is 7.71. The Morgan fingerprint density at radius 2 is 1.28 bits per heavy atom. The van der Waals surface area contributed by atoms with Crippen LogP contribution in [0.1, 0.15) is 5.56 Å². The van der Waals surface area contributed by atoms with Crippen molar-refractivity contribution in [3.8, 4) is 5.69 Å². The van der Waals surface area contributed by atoms with Gasteiger partial charge in [0.25, 0.3) is 0 Å². The molecule has 184 valence electrons. The van der Waals surface area contributed by atoms with Gasteiger partial charge in [-0.25, -0.2) is 0 Å². The summed E-state index contributed by atoms with van der Waals surface area (Å²) in [7, 11) is 0. The first-order valence-corrected chi connectivity index (χ1v) is 14.0. The minimum absolute atomic E-state index is 1.01. The molecule has 0 amide bonds. The minimum Gasteiger partial charge on any atom is -0.317 e. The van der Waals surface area contributed by atoms with Crippen LogP contribution in [0.4, 0.5) is 11.4 Å². The predicted molar refractivity (Wildman–Crippen MR) is 170 cm³/mol. The van der Waals surface area contributed by atoms with Crippen LogP contribution in [0.25, 0.3) is 53.2 Å². The van der Waals surface area contributed by atoms with Crippen molar-refractivity contribution in [2.45, 2.75) is 0 Å². The SMILES string of the molecule is C=C1/C=C\C=C/N(c2ccc3c(c2)c2ccccc2n3-c2ccc3sc4ccccc4c3c2)c2ccccc21. The molecule has 0 atom stereocenters. The van der Waals surface area contributed by atoms with Crippen molar-refractivity contribution < 1.29 is 0 Å². The van der Waals surface area contributed by atoms with Crippen molar-refractivity contribution in [3.63, 3.8) is 0 Å². The van der Waals surface area contributed by atoms with Crippen LogP contribution in [0.3, 0.4) is 0 Å². The van der Waals surface area contributed by atoms with Crippen molar-refractivity contribution in [1.82, 2.24) is 4.57 Å². The van der Waals surface area contributed by atoms with Gasteiger partial charge in [0.1, 0.15) is 0 Å². The van der Waals surface area contributed by atoms with Crippen LogP contribution in [0.2, 0.25) is 0 Å². The molecule has 0 spiro atoms. The van der Waals surface area contributed by atoms with E-state index in [0.29, 0.717) is 0 Å². The number of benzene rings is 5. The van der Waals surface area contributed by atoms with E-state index in [4.69, 9.17) is 0 Å². The maximum Gasteiger partial charge on any atom is 0.0542 e. The normalized spacial score (nSPS) is 15.1. The molecule has 7 aromatic rings. The van der Waals surface area contributed by atoms with Crippen LogP contribution in [0.5, 0.6) is 0 Å². The molecule has 3 heteroatoms. The second kappa shape index (κ2) is 8.59. The summed E-state index contributed by atoms with van der Waals surface area (Å²) in [6, 6.07) is 39.6. The van der Waals surface area contributed by atoms with Gasteiger partial charge in [0.2, 0.25) is 0 Å². The number of hydrogen-bond acceptors (Lipinski definition) is 2. The Labute approximate surface area is 230 Å². The number of para-hydroxylation sites is 2. The number of fused-ring (bicyclic) bond motifs is 7. The standard InChI is InChI=1S/C36H24N2S/c1-24-10-8-9-21-37(32-14-5-2-11-27(24)32)25-17-19-34-30(22-25)28-12-3-6-15-33(28)38(34)26-18-20-36-31(23-26)29-13-4-7-16-35(29)39-36/h2-23H,1H2/b10-8-,21-9-. The number of rotatable bonds is 2. The minimum atomic E-state index is 1.01. The summed E-state index contributed by atoms with van der Waals surface area (Å²) in [6.45, 7) is 4.30. The van der Waals surface area contributed by atoms with Crippen LogP contribution < -0.4 is 4.90 Å². The summed E-state index contributed by atoms with van der Waals surface area (Å²) >= 11 is 1.86. The van der Waals surface area contributed by atoms with Gasteiger partial charge in [0.05, 0.1) is 16.7 Å². The van der Waals surface area contributed by atoms with Crippen molar-refractivity contribution in [2.75, 3.05) is 4.90 Å². The highest BCUT2D eigenvalue weighted by Crippen LogP contribution is 2.40. The average Bonchev–Trinajstić information content (AvgIpc) is 3.51. The lowest BCUT2D eigenvalue weighted by Gasteiger charge is -2.25. The van der Waals surface area contributed by atoms with Gasteiger partial charge in [-0.15, -0.1) is 11.3 Å². The molecule has 3 heterocycles. The summed E-state index contributed by atoms with van der Waals surface area (Å²) < 4.78 is 5.05. The van der Waals surface area contributed by atoms with Crippen LogP contribution >= 0.6 is 11.3 Å². The van der Waals surface area contributed by atoms with Crippen molar-refractivity contribution in [2.24, 2.45) is 0 Å². The van der Waals surface area contributed by atoms with Crippen molar-refractivity contribution >= 4 is 70.3 Å². The maximum absolute atomic E-state index is 4.30. The van der Waals surface area contributed by atoms with E-state index in [-0.39, 0.29) is 0 Å². The molecule has 5 aromatic carbocycles. The molecule has 8 rings (SSSR count). The molecule has 39 heavy (non-hydrogen) atoms. The fraction of sp³-hybridized carbons (Fsp3) is 0. The molecule has 1 aliphatic rings. The number of thiophene rings is 1. The third kappa shape index (κ3) is 3.41. The molecule has 2 aromatic heterocycles. The van der Waals surface area contributed by atoms with E-state index < -0.39 is 0 Å². The van der Waals surface area contributed by atoms with Gasteiger partial charge in [-0.1, -0.05) is 73.3 Å². The molecular weight excluding hydrogens is 492 g/mol. The van der Waals surface area contributed by atoms with Crippen LogP contribution in [0, 0.1) is 0 Å². The zero-order valence-corrected chi connectivity index (χ0v) is 22.0. The lowest BCUT2D eigenvalue weighted by molar-refractivity contribution is 1.18. The van der Waals surface area contributed by atoms with E-state index in [1.807, 2.05) is 11.3 Å². The van der Waals surface area contributed by atoms with Crippen molar-refractivity contribution in [3.05, 3.63) is 146 Å². The summed E-state index contributed by atoms with van der Waals surface area (Å²) in [5, 5.41) is 5.12. The number of allylic oxidation sites excluding steroid dienone is 4. The van der Waals surface area contributed by atoms with Gasteiger partial charge in [0.15, 0.2) is 0 Å². The smallest absolute Gasteiger partial charge is 0.0542 e. The fourth-order valence-electron chi connectivity index (χ4n) is 5.90. The monoisotopic (exact) mass is 516 g/mol. The molecule has 0 unspecified atom stereocenters. The molecule has 0 saturated carbocycles. The summed E-state index contributed by atoms with van der Waals surface area (Å²) in [5.41, 5.74) is 7.99. The maximum atomic E-state index is 4.30. The predicted octanol–water partition coefficient (Wildman–Crippen LogP) is 10.4. The zero-order chi connectivity index (χ0) is 25.9. The highest BCUT2D eigenvalue weighted by molar-refractivity contribution is 7.25. The number of anilines is 2. The Hall–Kier alpha value is -4.86. The molecule has 0 bridgehead atoms. The highest BCUT2D eigenvalue weighted by atomic mass is 32.1. The Bertz CT molecular complexity index is 2150. The van der Waals surface area contributed by atoms with Gasteiger partial charge < -0.3 is 9.47 Å². The number of aromatic nitrogens is 1. The highest BCUT2D eigenvalue weighted by Gasteiger charge is 2.18. The molecule has 0 fully saturated rings. The Morgan fingerprint density at radius 1 is 0.564 bits per heavy atom. The molecule has 2 nitrogen and oxygen atoms in total. The van der Waals surface area contributed by atoms with Crippen LogP contribution in [0.15, 0.2) is 140 Å². The topological polar surface area (TPSA) is 8.17 Å². The first-order valence-electron chi connectivity index (χ1n) is 13.1. The molecule has 0 aliphatic carbocycles. The summed E-state index contributed by atoms with van der Waals surface area (Å²) in [5.74, 6) is 0. The lowest BCUT2D eigenvalue weighted by Crippen LogP contribution is -2.11. The van der Waals surface area contributed by atoms with E-state index in [0.717, 1.165) is 22.5 Å². The molecule has 0 saturated heterocycles. The zero-order valence-electron chi connectivity index (χ0n) is 21.2. The van der Waals surface area contributed by atoms with E-state index in [1.54, 1.807) is 0 Å². The van der Waals surface area contributed by atoms with Gasteiger partial charge in [0, 0.05) is 54.1 Å². The first-order chi connectivity index (χ1) is 19.3.